The zero-order valence-electron chi connectivity index (χ0n) is 9.66. The van der Waals surface area contributed by atoms with Crippen LogP contribution in [0.3, 0.4) is 0 Å². The van der Waals surface area contributed by atoms with Gasteiger partial charge >= 0.3 is 0 Å². The molecule has 1 aromatic carbocycles. The third kappa shape index (κ3) is 3.03. The largest absolute Gasteiger partial charge is 0.373 e. The standard InChI is InChI=1S/C13H18FNO/c1-15-8-6-12(7-9-15)16-10-11-4-2-3-5-13(11)14/h2-5,12H,6-10H2,1H3. The van der Waals surface area contributed by atoms with Gasteiger partial charge < -0.3 is 9.64 Å². The molecular weight excluding hydrogens is 205 g/mol. The molecule has 1 aliphatic rings. The van der Waals surface area contributed by atoms with Gasteiger partial charge in [-0.2, -0.15) is 0 Å². The van der Waals surface area contributed by atoms with E-state index in [9.17, 15) is 4.39 Å². The fourth-order valence-corrected chi connectivity index (χ4v) is 1.97. The lowest BCUT2D eigenvalue weighted by molar-refractivity contribution is 0.00106. The lowest BCUT2D eigenvalue weighted by atomic mass is 10.1. The van der Waals surface area contributed by atoms with Crippen molar-refractivity contribution in [2.24, 2.45) is 0 Å². The second kappa shape index (κ2) is 5.41. The van der Waals surface area contributed by atoms with Gasteiger partial charge in [-0.15, -0.1) is 0 Å². The first kappa shape index (κ1) is 11.6. The van der Waals surface area contributed by atoms with E-state index in [1.165, 1.54) is 6.07 Å². The summed E-state index contributed by atoms with van der Waals surface area (Å²) in [5, 5.41) is 0. The van der Waals surface area contributed by atoms with E-state index >= 15 is 0 Å². The van der Waals surface area contributed by atoms with Gasteiger partial charge in [0.2, 0.25) is 0 Å². The van der Waals surface area contributed by atoms with Crippen molar-refractivity contribution in [1.82, 2.24) is 4.90 Å². The van der Waals surface area contributed by atoms with E-state index in [0.717, 1.165) is 25.9 Å². The highest BCUT2D eigenvalue weighted by atomic mass is 19.1. The Balaban J connectivity index is 1.81. The molecule has 0 radical (unpaired) electrons. The molecule has 0 aliphatic carbocycles. The average molecular weight is 223 g/mol. The summed E-state index contributed by atoms with van der Waals surface area (Å²) in [4.78, 5) is 2.29. The maximum absolute atomic E-state index is 13.3. The molecule has 0 aromatic heterocycles. The van der Waals surface area contributed by atoms with Gasteiger partial charge in [0.1, 0.15) is 5.82 Å². The maximum Gasteiger partial charge on any atom is 0.128 e. The molecule has 2 rings (SSSR count). The summed E-state index contributed by atoms with van der Waals surface area (Å²) in [5.41, 5.74) is 0.654. The van der Waals surface area contributed by atoms with Crippen molar-refractivity contribution in [3.05, 3.63) is 35.6 Å². The number of halogens is 1. The highest BCUT2D eigenvalue weighted by Crippen LogP contribution is 2.15. The van der Waals surface area contributed by atoms with Crippen molar-refractivity contribution in [3.63, 3.8) is 0 Å². The molecular formula is C13H18FNO. The Kier molecular flexibility index (Phi) is 3.91. The third-order valence-corrected chi connectivity index (χ3v) is 3.10. The Bertz CT molecular complexity index is 334. The van der Waals surface area contributed by atoms with Crippen molar-refractivity contribution < 1.29 is 9.13 Å². The minimum absolute atomic E-state index is 0.171. The molecule has 0 spiro atoms. The monoisotopic (exact) mass is 223 g/mol. The first-order chi connectivity index (χ1) is 7.75. The normalized spacial score (nSPS) is 18.9. The molecule has 1 heterocycles. The summed E-state index contributed by atoms with van der Waals surface area (Å²) in [7, 11) is 2.12. The molecule has 1 aliphatic heterocycles. The molecule has 1 saturated heterocycles. The molecule has 3 heteroatoms. The molecule has 0 unspecified atom stereocenters. The van der Waals surface area contributed by atoms with Crippen LogP contribution in [0.4, 0.5) is 4.39 Å². The second-order valence-electron chi connectivity index (χ2n) is 4.41. The zero-order valence-corrected chi connectivity index (χ0v) is 9.66. The topological polar surface area (TPSA) is 12.5 Å². The predicted molar refractivity (Wildman–Crippen MR) is 61.7 cm³/mol. The fourth-order valence-electron chi connectivity index (χ4n) is 1.97. The molecule has 0 atom stereocenters. The number of piperidine rings is 1. The third-order valence-electron chi connectivity index (χ3n) is 3.10. The molecule has 0 saturated carbocycles. The Morgan fingerprint density at radius 1 is 1.31 bits per heavy atom. The summed E-state index contributed by atoms with van der Waals surface area (Å²) in [6, 6.07) is 6.81. The van der Waals surface area contributed by atoms with Gasteiger partial charge in [0.05, 0.1) is 12.7 Å². The van der Waals surface area contributed by atoms with Crippen LogP contribution in [0.1, 0.15) is 18.4 Å². The molecule has 1 aromatic rings. The van der Waals surface area contributed by atoms with Gasteiger partial charge in [0.15, 0.2) is 0 Å². The molecule has 1 fully saturated rings. The van der Waals surface area contributed by atoms with Gasteiger partial charge in [0, 0.05) is 18.7 Å². The van der Waals surface area contributed by atoms with E-state index < -0.39 is 0 Å². The van der Waals surface area contributed by atoms with Crippen LogP contribution in [-0.4, -0.2) is 31.1 Å². The van der Waals surface area contributed by atoms with Crippen molar-refractivity contribution in [3.8, 4) is 0 Å². The summed E-state index contributed by atoms with van der Waals surface area (Å²) in [6.07, 6.45) is 2.38. The van der Waals surface area contributed by atoms with Crippen LogP contribution >= 0.6 is 0 Å². The lowest BCUT2D eigenvalue weighted by Crippen LogP contribution is -2.34. The molecule has 0 bridgehead atoms. The van der Waals surface area contributed by atoms with Crippen molar-refractivity contribution in [2.75, 3.05) is 20.1 Å². The van der Waals surface area contributed by atoms with Gasteiger partial charge in [-0.3, -0.25) is 0 Å². The number of ether oxygens (including phenoxy) is 1. The first-order valence-electron chi connectivity index (χ1n) is 5.79. The maximum atomic E-state index is 13.3. The van der Waals surface area contributed by atoms with Crippen molar-refractivity contribution in [2.45, 2.75) is 25.6 Å². The Hall–Kier alpha value is -0.930. The molecule has 16 heavy (non-hydrogen) atoms. The number of benzene rings is 1. The minimum atomic E-state index is -0.171. The predicted octanol–water partition coefficient (Wildman–Crippen LogP) is 2.44. The average Bonchev–Trinajstić information content (AvgIpc) is 2.30. The van der Waals surface area contributed by atoms with Gasteiger partial charge in [-0.1, -0.05) is 18.2 Å². The van der Waals surface area contributed by atoms with Gasteiger partial charge in [-0.05, 0) is 26.0 Å². The quantitative estimate of drug-likeness (QED) is 0.780. The van der Waals surface area contributed by atoms with E-state index in [1.54, 1.807) is 12.1 Å². The highest BCUT2D eigenvalue weighted by molar-refractivity contribution is 5.16. The van der Waals surface area contributed by atoms with E-state index in [-0.39, 0.29) is 11.9 Å². The molecule has 0 N–H and O–H groups in total. The van der Waals surface area contributed by atoms with Crippen LogP contribution in [0.25, 0.3) is 0 Å². The lowest BCUT2D eigenvalue weighted by Gasteiger charge is -2.28. The van der Waals surface area contributed by atoms with E-state index in [4.69, 9.17) is 4.74 Å². The van der Waals surface area contributed by atoms with Gasteiger partial charge in [0.25, 0.3) is 0 Å². The summed E-state index contributed by atoms with van der Waals surface area (Å²) in [5.74, 6) is -0.171. The van der Waals surface area contributed by atoms with E-state index in [2.05, 4.69) is 11.9 Å². The summed E-state index contributed by atoms with van der Waals surface area (Å²) >= 11 is 0. The SMILES string of the molecule is CN1CCC(OCc2ccccc2F)CC1. The molecule has 0 amide bonds. The Morgan fingerprint density at radius 3 is 2.69 bits per heavy atom. The number of rotatable bonds is 3. The van der Waals surface area contributed by atoms with Crippen LogP contribution in [0.15, 0.2) is 24.3 Å². The molecule has 88 valence electrons. The van der Waals surface area contributed by atoms with E-state index in [0.29, 0.717) is 12.2 Å². The van der Waals surface area contributed by atoms with Crippen molar-refractivity contribution >= 4 is 0 Å². The Labute approximate surface area is 96.0 Å². The smallest absolute Gasteiger partial charge is 0.128 e. The second-order valence-corrected chi connectivity index (χ2v) is 4.41. The fraction of sp³-hybridized carbons (Fsp3) is 0.538. The van der Waals surface area contributed by atoms with E-state index in [1.807, 2.05) is 6.07 Å². The number of likely N-dealkylation sites (tertiary alicyclic amines) is 1. The van der Waals surface area contributed by atoms with Crippen LogP contribution < -0.4 is 0 Å². The Morgan fingerprint density at radius 2 is 2.00 bits per heavy atom. The number of hydrogen-bond donors (Lipinski definition) is 0. The summed E-state index contributed by atoms with van der Waals surface area (Å²) < 4.78 is 19.0. The van der Waals surface area contributed by atoms with Gasteiger partial charge in [-0.25, -0.2) is 4.39 Å². The molecule has 2 nitrogen and oxygen atoms in total. The van der Waals surface area contributed by atoms with Crippen molar-refractivity contribution in [1.29, 1.82) is 0 Å². The van der Waals surface area contributed by atoms with Crippen LogP contribution in [-0.2, 0) is 11.3 Å². The summed E-state index contributed by atoms with van der Waals surface area (Å²) in [6.45, 7) is 2.53. The first-order valence-corrected chi connectivity index (χ1v) is 5.79. The number of hydrogen-bond acceptors (Lipinski definition) is 2. The minimum Gasteiger partial charge on any atom is -0.373 e. The number of nitrogens with zero attached hydrogens (tertiary/aromatic N) is 1. The van der Waals surface area contributed by atoms with Crippen LogP contribution in [0.2, 0.25) is 0 Å². The van der Waals surface area contributed by atoms with Crippen LogP contribution in [0.5, 0.6) is 0 Å². The van der Waals surface area contributed by atoms with Crippen LogP contribution in [0, 0.1) is 5.82 Å². The highest BCUT2D eigenvalue weighted by Gasteiger charge is 2.17. The zero-order chi connectivity index (χ0) is 11.4.